The predicted molar refractivity (Wildman–Crippen MR) is 74.1 cm³/mol. The molecule has 0 saturated heterocycles. The first kappa shape index (κ1) is 23.3. The van der Waals surface area contributed by atoms with E-state index < -0.39 is 7.82 Å². The quantitative estimate of drug-likeness (QED) is 0.269. The van der Waals surface area contributed by atoms with Crippen LogP contribution in [0.1, 0.15) is 41.0 Å². The Bertz CT molecular complexity index is 258. The van der Waals surface area contributed by atoms with Gasteiger partial charge in [0.15, 0.2) is 0 Å². The summed E-state index contributed by atoms with van der Waals surface area (Å²) < 4.78 is 25.8. The van der Waals surface area contributed by atoms with Crippen molar-refractivity contribution in [2.45, 2.75) is 39.5 Å². The zero-order valence-electron chi connectivity index (χ0n) is 13.9. The molecule has 6 nitrogen and oxygen atoms in total. The topological polar surface area (TPSA) is 85.2 Å². The summed E-state index contributed by atoms with van der Waals surface area (Å²) in [6.45, 7) is 4.81. The minimum absolute atomic E-state index is 0. The van der Waals surface area contributed by atoms with Crippen LogP contribution in [0, 0.1) is 5.92 Å². The van der Waals surface area contributed by atoms with Crippen LogP contribution in [0.5, 0.6) is 0 Å². The third kappa shape index (κ3) is 17.1. The molecule has 0 rings (SSSR count). The molecule has 0 amide bonds. The first-order valence-corrected chi connectivity index (χ1v) is 8.28. The van der Waals surface area contributed by atoms with Gasteiger partial charge >= 0.3 is 37.4 Å². The van der Waals surface area contributed by atoms with Crippen LogP contribution >= 0.6 is 7.82 Å². The number of aliphatic hydroxyl groups excluding tert-OH is 1. The molecule has 0 saturated carbocycles. The Labute approximate surface area is 145 Å². The second-order valence-electron chi connectivity index (χ2n) is 4.71. The largest absolute Gasteiger partial charge is 1.00 e. The molecule has 0 aromatic heterocycles. The maximum atomic E-state index is 11.4. The van der Waals surface area contributed by atoms with Crippen molar-refractivity contribution in [1.82, 2.24) is 0 Å². The summed E-state index contributed by atoms with van der Waals surface area (Å²) in [5.74, 6) is 0.687. The van der Waals surface area contributed by atoms with Crippen molar-refractivity contribution in [1.29, 1.82) is 0 Å². The first-order chi connectivity index (χ1) is 8.98. The molecule has 0 aliphatic carbocycles. The van der Waals surface area contributed by atoms with E-state index in [1.54, 1.807) is 0 Å². The summed E-state index contributed by atoms with van der Waals surface area (Å²) in [6.07, 6.45) is 4.00. The summed E-state index contributed by atoms with van der Waals surface area (Å²) in [5.41, 5.74) is 0. The molecule has 0 aromatic rings. The number of phosphoric acid groups is 1. The molecule has 8 heteroatoms. The Morgan fingerprint density at radius 3 is 2.30 bits per heavy atom. The monoisotopic (exact) mass is 322 g/mol. The first-order valence-electron chi connectivity index (χ1n) is 6.78. The molecule has 0 aromatic carbocycles. The van der Waals surface area contributed by atoms with Gasteiger partial charge in [0.1, 0.15) is 0 Å². The number of aliphatic hydroxyl groups is 1. The maximum Gasteiger partial charge on any atom is 1.00 e. The Hall–Kier alpha value is 1.03. The number of hydrogen-bond donors (Lipinski definition) is 2. The van der Waals surface area contributed by atoms with Gasteiger partial charge in [0.05, 0.1) is 33.0 Å². The number of phosphoric ester groups is 1. The van der Waals surface area contributed by atoms with Gasteiger partial charge in [-0.1, -0.05) is 33.1 Å². The number of ether oxygens (including phenoxy) is 1. The SMILES string of the molecule is CC(C)CCCCCOP(=O)(O)OCCOCCO.[H-].[Na+]. The smallest absolute Gasteiger partial charge is 1.00 e. The van der Waals surface area contributed by atoms with E-state index in [1.807, 2.05) is 0 Å². The van der Waals surface area contributed by atoms with Crippen LogP contribution in [0.2, 0.25) is 0 Å². The van der Waals surface area contributed by atoms with Gasteiger partial charge in [-0.3, -0.25) is 9.05 Å². The average molecular weight is 322 g/mol. The van der Waals surface area contributed by atoms with E-state index >= 15 is 0 Å². The molecule has 0 aliphatic rings. The summed E-state index contributed by atoms with van der Waals surface area (Å²) in [7, 11) is -3.95. The Kier molecular flexibility index (Phi) is 17.4. The van der Waals surface area contributed by atoms with Crippen LogP contribution in [0.25, 0.3) is 0 Å². The van der Waals surface area contributed by atoms with Gasteiger partial charge in [-0.25, -0.2) is 4.57 Å². The van der Waals surface area contributed by atoms with Crippen molar-refractivity contribution in [2.24, 2.45) is 5.92 Å². The van der Waals surface area contributed by atoms with Crippen molar-refractivity contribution >= 4 is 7.82 Å². The second-order valence-corrected chi connectivity index (χ2v) is 6.17. The van der Waals surface area contributed by atoms with Gasteiger partial charge < -0.3 is 16.2 Å². The molecule has 0 heterocycles. The van der Waals surface area contributed by atoms with E-state index in [-0.39, 0.29) is 64.0 Å². The normalized spacial score (nSPS) is 14.1. The van der Waals surface area contributed by atoms with Crippen molar-refractivity contribution in [3.8, 4) is 0 Å². The fourth-order valence-electron chi connectivity index (χ4n) is 1.43. The van der Waals surface area contributed by atoms with Gasteiger partial charge in [0.2, 0.25) is 0 Å². The fraction of sp³-hybridized carbons (Fsp3) is 1.00. The van der Waals surface area contributed by atoms with Crippen LogP contribution in [-0.4, -0.2) is 43.0 Å². The number of rotatable bonds is 13. The summed E-state index contributed by atoms with van der Waals surface area (Å²) >= 11 is 0. The number of unbranched alkanes of at least 4 members (excludes halogenated alkanes) is 2. The summed E-state index contributed by atoms with van der Waals surface area (Å²) in [5, 5.41) is 8.45. The van der Waals surface area contributed by atoms with Gasteiger partial charge in [-0.05, 0) is 12.3 Å². The number of hydrogen-bond acceptors (Lipinski definition) is 5. The molecule has 0 aliphatic heterocycles. The van der Waals surface area contributed by atoms with Gasteiger partial charge in [-0.2, -0.15) is 0 Å². The predicted octanol–water partition coefficient (Wildman–Crippen LogP) is -0.538. The Morgan fingerprint density at radius 1 is 1.05 bits per heavy atom. The molecular formula is C12H28NaO6P. The molecule has 1 unspecified atom stereocenters. The van der Waals surface area contributed by atoms with Crippen molar-refractivity contribution in [3.63, 3.8) is 0 Å². The minimum atomic E-state index is -3.95. The van der Waals surface area contributed by atoms with Gasteiger partial charge in [0, 0.05) is 0 Å². The summed E-state index contributed by atoms with van der Waals surface area (Å²) in [4.78, 5) is 9.32. The van der Waals surface area contributed by atoms with Crippen LogP contribution in [0.4, 0.5) is 0 Å². The van der Waals surface area contributed by atoms with E-state index in [0.29, 0.717) is 5.92 Å². The third-order valence-electron chi connectivity index (χ3n) is 2.40. The van der Waals surface area contributed by atoms with Crippen LogP contribution < -0.4 is 29.6 Å². The second kappa shape index (κ2) is 14.9. The van der Waals surface area contributed by atoms with E-state index in [4.69, 9.17) is 18.9 Å². The van der Waals surface area contributed by atoms with Gasteiger partial charge in [-0.15, -0.1) is 0 Å². The zero-order chi connectivity index (χ0) is 14.6. The Morgan fingerprint density at radius 2 is 1.70 bits per heavy atom. The van der Waals surface area contributed by atoms with Crippen molar-refractivity contribution < 1.29 is 59.3 Å². The molecule has 2 N–H and O–H groups in total. The van der Waals surface area contributed by atoms with E-state index in [0.717, 1.165) is 25.7 Å². The molecule has 1 atom stereocenters. The van der Waals surface area contributed by atoms with E-state index in [1.165, 1.54) is 0 Å². The molecule has 0 fully saturated rings. The van der Waals surface area contributed by atoms with Crippen molar-refractivity contribution in [2.75, 3.05) is 33.0 Å². The minimum Gasteiger partial charge on any atom is -1.00 e. The fourth-order valence-corrected chi connectivity index (χ4v) is 2.17. The molecular weight excluding hydrogens is 294 g/mol. The Balaban J connectivity index is -0.00000162. The summed E-state index contributed by atoms with van der Waals surface area (Å²) in [6, 6.07) is 0. The zero-order valence-corrected chi connectivity index (χ0v) is 15.8. The van der Waals surface area contributed by atoms with Crippen LogP contribution in [0.3, 0.4) is 0 Å². The molecule has 20 heavy (non-hydrogen) atoms. The molecule has 118 valence electrons. The third-order valence-corrected chi connectivity index (χ3v) is 3.42. The molecule has 0 radical (unpaired) electrons. The maximum absolute atomic E-state index is 11.4. The van der Waals surface area contributed by atoms with Crippen molar-refractivity contribution in [3.05, 3.63) is 0 Å². The van der Waals surface area contributed by atoms with E-state index in [2.05, 4.69) is 13.8 Å². The van der Waals surface area contributed by atoms with E-state index in [9.17, 15) is 9.46 Å². The average Bonchev–Trinajstić information content (AvgIpc) is 2.33. The van der Waals surface area contributed by atoms with Gasteiger partial charge in [0.25, 0.3) is 0 Å². The van der Waals surface area contributed by atoms with Crippen LogP contribution in [-0.2, 0) is 18.3 Å². The molecule has 0 bridgehead atoms. The molecule has 0 spiro atoms. The van der Waals surface area contributed by atoms with Crippen LogP contribution in [0.15, 0.2) is 0 Å². The standard InChI is InChI=1S/C12H27O6P.Na.H/c1-12(2)6-4-3-5-8-17-19(14,15)18-11-10-16-9-7-13;;/h12-13H,3-11H2,1-2H3,(H,14,15);;/q;+1;-1.